The van der Waals surface area contributed by atoms with E-state index in [1.54, 1.807) is 7.11 Å². The maximum absolute atomic E-state index is 12.3. The molecule has 2 aromatic rings. The predicted molar refractivity (Wildman–Crippen MR) is 116 cm³/mol. The summed E-state index contributed by atoms with van der Waals surface area (Å²) in [6.07, 6.45) is 8.20. The van der Waals surface area contributed by atoms with Gasteiger partial charge in [-0.3, -0.25) is 4.79 Å². The minimum absolute atomic E-state index is 0.0407. The molecule has 2 N–H and O–H groups in total. The molecule has 0 radical (unpaired) electrons. The van der Waals surface area contributed by atoms with Crippen molar-refractivity contribution in [3.8, 4) is 5.75 Å². The zero-order chi connectivity index (χ0) is 19.8. The number of hydrogen-bond acceptors (Lipinski definition) is 7. The highest BCUT2D eigenvalue weighted by atomic mass is 32.2. The molecule has 0 saturated carbocycles. The van der Waals surface area contributed by atoms with E-state index in [1.807, 2.05) is 31.2 Å². The monoisotopic (exact) mass is 418 g/mol. The Kier molecular flexibility index (Phi) is 7.73. The van der Waals surface area contributed by atoms with Crippen molar-refractivity contribution in [3.63, 3.8) is 0 Å². The smallest absolute Gasteiger partial charge is 0.233 e. The number of aromatic nitrogens is 2. The number of amides is 1. The summed E-state index contributed by atoms with van der Waals surface area (Å²) in [7, 11) is 1.64. The number of allylic oxidation sites excluding steroid dienone is 1. The number of nitrogens with one attached hydrogen (secondary N) is 2. The van der Waals surface area contributed by atoms with Gasteiger partial charge in [-0.05, 0) is 51.2 Å². The fraction of sp³-hybridized carbons (Fsp3) is 0.450. The molecule has 3 rings (SSSR count). The van der Waals surface area contributed by atoms with Crippen molar-refractivity contribution in [3.05, 3.63) is 35.9 Å². The molecule has 0 bridgehead atoms. The van der Waals surface area contributed by atoms with E-state index >= 15 is 0 Å². The van der Waals surface area contributed by atoms with Crippen molar-refractivity contribution in [2.45, 2.75) is 48.6 Å². The first-order chi connectivity index (χ1) is 13.6. The zero-order valence-electron chi connectivity index (χ0n) is 16.2. The first-order valence-electron chi connectivity index (χ1n) is 9.51. The number of ether oxygens (including phenoxy) is 1. The maximum Gasteiger partial charge on any atom is 0.233 e. The first kappa shape index (κ1) is 20.7. The topological polar surface area (TPSA) is 76.1 Å². The van der Waals surface area contributed by atoms with Gasteiger partial charge < -0.3 is 15.4 Å². The lowest BCUT2D eigenvalue weighted by Gasteiger charge is -2.14. The normalized spacial score (nSPS) is 14.9. The van der Waals surface area contributed by atoms with Gasteiger partial charge in [-0.1, -0.05) is 40.8 Å². The molecular formula is C20H26N4O2S2. The number of rotatable bonds is 9. The number of thioether (sulfide) groups is 1. The third kappa shape index (κ3) is 6.24. The number of nitrogens with zero attached hydrogens (tertiary/aromatic N) is 2. The van der Waals surface area contributed by atoms with E-state index in [0.29, 0.717) is 11.7 Å². The maximum atomic E-state index is 12.3. The van der Waals surface area contributed by atoms with Crippen LogP contribution in [-0.2, 0) is 4.79 Å². The third-order valence-electron chi connectivity index (χ3n) is 4.50. The molecule has 6 nitrogen and oxygen atoms in total. The van der Waals surface area contributed by atoms with Gasteiger partial charge in [0.2, 0.25) is 11.0 Å². The lowest BCUT2D eigenvalue weighted by molar-refractivity contribution is -0.120. The Hall–Kier alpha value is -2.06. The lowest BCUT2D eigenvalue weighted by Crippen LogP contribution is -2.31. The Labute approximate surface area is 174 Å². The van der Waals surface area contributed by atoms with Gasteiger partial charge in [0.1, 0.15) is 5.75 Å². The average molecular weight is 419 g/mol. The molecule has 28 heavy (non-hydrogen) atoms. The number of carbonyl (C=O) groups excluding carboxylic acids is 1. The summed E-state index contributed by atoms with van der Waals surface area (Å²) < 4.78 is 5.99. The molecule has 0 unspecified atom stereocenters. The van der Waals surface area contributed by atoms with Crippen LogP contribution in [0.3, 0.4) is 0 Å². The summed E-state index contributed by atoms with van der Waals surface area (Å²) in [6, 6.07) is 7.63. The standard InChI is InChI=1S/C20H26N4O2S2/c1-14(18(25)21-12-11-15-7-4-3-5-8-15)27-20-24-23-19(28-20)22-16-9-6-10-17(13-16)26-2/h6-7,9-10,13-14H,3-5,8,11-12H2,1-2H3,(H,21,25)(H,22,23)/t14-/m1/s1. The highest BCUT2D eigenvalue weighted by Gasteiger charge is 2.17. The quantitative estimate of drug-likeness (QED) is 0.451. The van der Waals surface area contributed by atoms with Crippen molar-refractivity contribution in [1.29, 1.82) is 0 Å². The minimum Gasteiger partial charge on any atom is -0.497 e. The number of methoxy groups -OCH3 is 1. The van der Waals surface area contributed by atoms with Crippen LogP contribution in [0.4, 0.5) is 10.8 Å². The fourth-order valence-electron chi connectivity index (χ4n) is 2.96. The Morgan fingerprint density at radius 1 is 1.36 bits per heavy atom. The highest BCUT2D eigenvalue weighted by Crippen LogP contribution is 2.31. The van der Waals surface area contributed by atoms with E-state index in [2.05, 4.69) is 26.9 Å². The molecule has 150 valence electrons. The summed E-state index contributed by atoms with van der Waals surface area (Å²) in [5.74, 6) is 0.817. The average Bonchev–Trinajstić information content (AvgIpc) is 3.15. The van der Waals surface area contributed by atoms with Crippen LogP contribution >= 0.6 is 23.1 Å². The van der Waals surface area contributed by atoms with Crippen LogP contribution in [0.1, 0.15) is 39.0 Å². The molecule has 1 atom stereocenters. The van der Waals surface area contributed by atoms with Gasteiger partial charge in [-0.25, -0.2) is 0 Å². The number of hydrogen-bond donors (Lipinski definition) is 2. The molecule has 0 spiro atoms. The van der Waals surface area contributed by atoms with Crippen molar-refractivity contribution in [2.75, 3.05) is 19.0 Å². The molecule has 1 heterocycles. The van der Waals surface area contributed by atoms with Crippen molar-refractivity contribution >= 4 is 39.8 Å². The van der Waals surface area contributed by atoms with E-state index in [0.717, 1.165) is 22.2 Å². The second-order valence-corrected chi connectivity index (χ2v) is 9.20. The van der Waals surface area contributed by atoms with Gasteiger partial charge in [0.25, 0.3) is 0 Å². The van der Waals surface area contributed by atoms with Gasteiger partial charge in [-0.15, -0.1) is 10.2 Å². The summed E-state index contributed by atoms with van der Waals surface area (Å²) in [5.41, 5.74) is 2.36. The Balaban J connectivity index is 1.45. The van der Waals surface area contributed by atoms with E-state index in [9.17, 15) is 4.79 Å². The zero-order valence-corrected chi connectivity index (χ0v) is 17.9. The van der Waals surface area contributed by atoms with Crippen LogP contribution in [0.15, 0.2) is 40.3 Å². The van der Waals surface area contributed by atoms with Crippen LogP contribution in [0.2, 0.25) is 0 Å². The molecule has 1 amide bonds. The van der Waals surface area contributed by atoms with Crippen molar-refractivity contribution < 1.29 is 9.53 Å². The molecule has 1 aliphatic carbocycles. The first-order valence-corrected chi connectivity index (χ1v) is 11.2. The van der Waals surface area contributed by atoms with Gasteiger partial charge in [0.05, 0.1) is 12.4 Å². The summed E-state index contributed by atoms with van der Waals surface area (Å²) >= 11 is 2.86. The third-order valence-corrected chi connectivity index (χ3v) is 6.53. The van der Waals surface area contributed by atoms with Gasteiger partial charge >= 0.3 is 0 Å². The number of benzene rings is 1. The van der Waals surface area contributed by atoms with Gasteiger partial charge in [-0.2, -0.15) is 0 Å². The van der Waals surface area contributed by atoms with Crippen molar-refractivity contribution in [1.82, 2.24) is 15.5 Å². The predicted octanol–water partition coefficient (Wildman–Crippen LogP) is 4.78. The van der Waals surface area contributed by atoms with E-state index in [1.165, 1.54) is 54.4 Å². The van der Waals surface area contributed by atoms with E-state index < -0.39 is 0 Å². The Bertz CT molecular complexity index is 822. The summed E-state index contributed by atoms with van der Waals surface area (Å²) in [6.45, 7) is 2.60. The van der Waals surface area contributed by atoms with E-state index in [4.69, 9.17) is 4.74 Å². The molecule has 0 fully saturated rings. The second kappa shape index (κ2) is 10.5. The lowest BCUT2D eigenvalue weighted by atomic mass is 9.97. The van der Waals surface area contributed by atoms with E-state index in [-0.39, 0.29) is 11.2 Å². The Morgan fingerprint density at radius 3 is 3.04 bits per heavy atom. The number of carbonyl (C=O) groups is 1. The van der Waals surface area contributed by atoms with Crippen LogP contribution in [-0.4, -0.2) is 35.0 Å². The molecule has 0 saturated heterocycles. The minimum atomic E-state index is -0.210. The van der Waals surface area contributed by atoms with Crippen LogP contribution in [0.25, 0.3) is 0 Å². The highest BCUT2D eigenvalue weighted by molar-refractivity contribution is 8.02. The molecule has 8 heteroatoms. The van der Waals surface area contributed by atoms with Crippen LogP contribution in [0.5, 0.6) is 5.75 Å². The number of anilines is 2. The van der Waals surface area contributed by atoms with Crippen molar-refractivity contribution in [2.24, 2.45) is 0 Å². The SMILES string of the molecule is COc1cccc(Nc2nnc(S[C@H](C)C(=O)NCCC3=CCCCC3)s2)c1. The molecular weight excluding hydrogens is 392 g/mol. The molecule has 0 aliphatic heterocycles. The largest absolute Gasteiger partial charge is 0.497 e. The fourth-order valence-corrected chi connectivity index (χ4v) is 4.90. The van der Waals surface area contributed by atoms with Gasteiger partial charge in [0, 0.05) is 18.3 Å². The molecule has 1 aromatic heterocycles. The molecule has 1 aromatic carbocycles. The summed E-state index contributed by atoms with van der Waals surface area (Å²) in [5, 5.41) is 15.1. The second-order valence-electron chi connectivity index (χ2n) is 6.64. The van der Waals surface area contributed by atoms with Crippen LogP contribution in [0, 0.1) is 0 Å². The molecule has 1 aliphatic rings. The Morgan fingerprint density at radius 2 is 2.25 bits per heavy atom. The van der Waals surface area contributed by atoms with Crippen LogP contribution < -0.4 is 15.4 Å². The van der Waals surface area contributed by atoms with Gasteiger partial charge in [0.15, 0.2) is 4.34 Å². The summed E-state index contributed by atoms with van der Waals surface area (Å²) in [4.78, 5) is 12.3.